The Labute approximate surface area is 114 Å². The summed E-state index contributed by atoms with van der Waals surface area (Å²) in [5.41, 5.74) is 0. The Balaban J connectivity index is 2.50. The van der Waals surface area contributed by atoms with Crippen molar-refractivity contribution in [2.24, 2.45) is 0 Å². The Hall–Kier alpha value is -1.30. The van der Waals surface area contributed by atoms with Crippen LogP contribution < -0.4 is 5.32 Å². The number of carbonyl (C=O) groups excluding carboxylic acids is 1. The molecular formula is C13H25N3O3. The summed E-state index contributed by atoms with van der Waals surface area (Å²) in [5, 5.41) is 11.5. The summed E-state index contributed by atoms with van der Waals surface area (Å²) in [7, 11) is 0. The van der Waals surface area contributed by atoms with Crippen molar-refractivity contribution < 1.29 is 14.7 Å². The molecule has 1 aliphatic rings. The SMILES string of the molecule is CC[C@H](NC(=O)N1CCC(N(CC)CC)C1)C(=O)O. The first-order chi connectivity index (χ1) is 9.03. The Morgan fingerprint density at radius 1 is 1.37 bits per heavy atom. The number of carboxylic acid groups (broad SMARTS) is 1. The lowest BCUT2D eigenvalue weighted by Crippen LogP contribution is -2.48. The largest absolute Gasteiger partial charge is 0.480 e. The maximum absolute atomic E-state index is 12.0. The van der Waals surface area contributed by atoms with Gasteiger partial charge in [-0.25, -0.2) is 9.59 Å². The van der Waals surface area contributed by atoms with Gasteiger partial charge in [-0.05, 0) is 25.9 Å². The Kier molecular flexibility index (Phi) is 6.08. The molecule has 0 radical (unpaired) electrons. The molecule has 6 heteroatoms. The van der Waals surface area contributed by atoms with E-state index in [1.54, 1.807) is 11.8 Å². The fraction of sp³-hybridized carbons (Fsp3) is 0.846. The van der Waals surface area contributed by atoms with Crippen LogP contribution in [0.5, 0.6) is 0 Å². The molecule has 0 aromatic rings. The van der Waals surface area contributed by atoms with Gasteiger partial charge in [0.1, 0.15) is 6.04 Å². The van der Waals surface area contributed by atoms with Gasteiger partial charge in [-0.2, -0.15) is 0 Å². The van der Waals surface area contributed by atoms with Gasteiger partial charge in [0, 0.05) is 19.1 Å². The molecule has 19 heavy (non-hydrogen) atoms. The maximum Gasteiger partial charge on any atom is 0.326 e. The minimum absolute atomic E-state index is 0.260. The normalized spacial score (nSPS) is 20.6. The summed E-state index contributed by atoms with van der Waals surface area (Å²) in [6, 6.07) is -0.658. The van der Waals surface area contributed by atoms with Crippen LogP contribution in [-0.2, 0) is 4.79 Å². The Morgan fingerprint density at radius 3 is 2.47 bits per heavy atom. The van der Waals surface area contributed by atoms with Crippen molar-refractivity contribution in [1.82, 2.24) is 15.1 Å². The number of amides is 2. The molecule has 0 bridgehead atoms. The maximum atomic E-state index is 12.0. The van der Waals surface area contributed by atoms with Crippen LogP contribution in [0.2, 0.25) is 0 Å². The van der Waals surface area contributed by atoms with Gasteiger partial charge in [-0.15, -0.1) is 0 Å². The second kappa shape index (κ2) is 7.33. The lowest BCUT2D eigenvalue weighted by atomic mass is 10.2. The first kappa shape index (κ1) is 15.8. The molecule has 1 heterocycles. The van der Waals surface area contributed by atoms with E-state index in [1.165, 1.54) is 0 Å². The van der Waals surface area contributed by atoms with Crippen LogP contribution in [0.4, 0.5) is 4.79 Å². The molecule has 0 aromatic heterocycles. The van der Waals surface area contributed by atoms with Crippen molar-refractivity contribution in [3.05, 3.63) is 0 Å². The Bertz CT molecular complexity index is 318. The highest BCUT2D eigenvalue weighted by molar-refractivity contribution is 5.82. The fourth-order valence-corrected chi connectivity index (χ4v) is 2.54. The topological polar surface area (TPSA) is 72.9 Å². The average molecular weight is 271 g/mol. The van der Waals surface area contributed by atoms with Crippen LogP contribution in [0.1, 0.15) is 33.6 Å². The van der Waals surface area contributed by atoms with E-state index >= 15 is 0 Å². The number of nitrogens with zero attached hydrogens (tertiary/aromatic N) is 2. The van der Waals surface area contributed by atoms with Crippen molar-refractivity contribution in [1.29, 1.82) is 0 Å². The lowest BCUT2D eigenvalue weighted by molar-refractivity contribution is -0.139. The Morgan fingerprint density at radius 2 is 2.00 bits per heavy atom. The number of urea groups is 1. The van der Waals surface area contributed by atoms with Crippen molar-refractivity contribution in [3.8, 4) is 0 Å². The molecule has 1 aliphatic heterocycles. The third-order valence-corrected chi connectivity index (χ3v) is 3.78. The lowest BCUT2D eigenvalue weighted by Gasteiger charge is -2.26. The van der Waals surface area contributed by atoms with E-state index in [2.05, 4.69) is 24.1 Å². The minimum atomic E-state index is -0.977. The number of hydrogen-bond acceptors (Lipinski definition) is 3. The van der Waals surface area contributed by atoms with Crippen molar-refractivity contribution in [2.75, 3.05) is 26.2 Å². The van der Waals surface area contributed by atoms with Gasteiger partial charge in [0.2, 0.25) is 0 Å². The first-order valence-corrected chi connectivity index (χ1v) is 7.05. The minimum Gasteiger partial charge on any atom is -0.480 e. The van der Waals surface area contributed by atoms with Crippen LogP contribution in [0, 0.1) is 0 Å². The monoisotopic (exact) mass is 271 g/mol. The molecule has 0 aliphatic carbocycles. The van der Waals surface area contributed by atoms with E-state index in [1.807, 2.05) is 0 Å². The summed E-state index contributed by atoms with van der Waals surface area (Å²) in [6.07, 6.45) is 1.35. The van der Waals surface area contributed by atoms with E-state index in [0.29, 0.717) is 25.6 Å². The van der Waals surface area contributed by atoms with Crippen LogP contribution in [-0.4, -0.2) is 65.2 Å². The summed E-state index contributed by atoms with van der Waals surface area (Å²) in [6.45, 7) is 9.31. The highest BCUT2D eigenvalue weighted by atomic mass is 16.4. The molecule has 1 fully saturated rings. The van der Waals surface area contributed by atoms with Crippen LogP contribution >= 0.6 is 0 Å². The fourth-order valence-electron chi connectivity index (χ4n) is 2.54. The molecule has 1 saturated heterocycles. The number of nitrogens with one attached hydrogen (secondary N) is 1. The quantitative estimate of drug-likeness (QED) is 0.755. The molecule has 2 N–H and O–H groups in total. The molecule has 0 saturated carbocycles. The number of carboxylic acids is 1. The smallest absolute Gasteiger partial charge is 0.326 e. The molecule has 2 amide bonds. The molecular weight excluding hydrogens is 246 g/mol. The van der Waals surface area contributed by atoms with Crippen molar-refractivity contribution in [2.45, 2.75) is 45.7 Å². The predicted octanol–water partition coefficient (Wildman–Crippen LogP) is 0.975. The molecule has 2 atom stereocenters. The van der Waals surface area contributed by atoms with Crippen LogP contribution in [0.15, 0.2) is 0 Å². The van der Waals surface area contributed by atoms with Gasteiger partial charge in [0.15, 0.2) is 0 Å². The van der Waals surface area contributed by atoms with E-state index in [-0.39, 0.29) is 6.03 Å². The van der Waals surface area contributed by atoms with Gasteiger partial charge in [-0.1, -0.05) is 20.8 Å². The second-order valence-corrected chi connectivity index (χ2v) is 4.86. The summed E-state index contributed by atoms with van der Waals surface area (Å²) >= 11 is 0. The number of hydrogen-bond donors (Lipinski definition) is 2. The van der Waals surface area contributed by atoms with Gasteiger partial charge < -0.3 is 15.3 Å². The highest BCUT2D eigenvalue weighted by Gasteiger charge is 2.30. The highest BCUT2D eigenvalue weighted by Crippen LogP contribution is 2.15. The first-order valence-electron chi connectivity index (χ1n) is 7.05. The van der Waals surface area contributed by atoms with Gasteiger partial charge in [0.25, 0.3) is 0 Å². The molecule has 1 rings (SSSR count). The number of aliphatic carboxylic acids is 1. The van der Waals surface area contributed by atoms with E-state index in [4.69, 9.17) is 5.11 Å². The third-order valence-electron chi connectivity index (χ3n) is 3.78. The van der Waals surface area contributed by atoms with E-state index < -0.39 is 12.0 Å². The molecule has 6 nitrogen and oxygen atoms in total. The molecule has 110 valence electrons. The van der Waals surface area contributed by atoms with Gasteiger partial charge in [0.05, 0.1) is 0 Å². The zero-order valence-electron chi connectivity index (χ0n) is 12.1. The van der Waals surface area contributed by atoms with Crippen molar-refractivity contribution in [3.63, 3.8) is 0 Å². The van der Waals surface area contributed by atoms with E-state index in [0.717, 1.165) is 19.5 Å². The number of likely N-dealkylation sites (N-methyl/N-ethyl adjacent to an activating group) is 1. The second-order valence-electron chi connectivity index (χ2n) is 4.86. The zero-order chi connectivity index (χ0) is 14.4. The van der Waals surface area contributed by atoms with Crippen LogP contribution in [0.3, 0.4) is 0 Å². The molecule has 1 unspecified atom stereocenters. The van der Waals surface area contributed by atoms with Crippen molar-refractivity contribution >= 4 is 12.0 Å². The average Bonchev–Trinajstić information content (AvgIpc) is 2.86. The van der Waals surface area contributed by atoms with Gasteiger partial charge in [-0.3, -0.25) is 4.90 Å². The summed E-state index contributed by atoms with van der Waals surface area (Å²) in [4.78, 5) is 27.0. The summed E-state index contributed by atoms with van der Waals surface area (Å²) < 4.78 is 0. The predicted molar refractivity (Wildman–Crippen MR) is 73.1 cm³/mol. The third kappa shape index (κ3) is 4.09. The van der Waals surface area contributed by atoms with E-state index in [9.17, 15) is 9.59 Å². The standard InChI is InChI=1S/C13H25N3O3/c1-4-11(12(17)18)14-13(19)16-8-7-10(9-16)15(5-2)6-3/h10-11H,4-9H2,1-3H3,(H,14,19)(H,17,18)/t10?,11-/m0/s1. The van der Waals surface area contributed by atoms with Gasteiger partial charge >= 0.3 is 12.0 Å². The molecule has 0 aromatic carbocycles. The number of rotatable bonds is 6. The molecule has 0 spiro atoms. The summed E-state index contributed by atoms with van der Waals surface area (Å²) in [5.74, 6) is -0.977. The van der Waals surface area contributed by atoms with Crippen LogP contribution in [0.25, 0.3) is 0 Å². The zero-order valence-corrected chi connectivity index (χ0v) is 12.1. The number of carbonyl (C=O) groups is 2. The number of likely N-dealkylation sites (tertiary alicyclic amines) is 1.